The van der Waals surface area contributed by atoms with Crippen LogP contribution in [-0.4, -0.2) is 48.8 Å². The molecule has 0 heterocycles. The van der Waals surface area contributed by atoms with Crippen molar-refractivity contribution in [3.8, 4) is 0 Å². The van der Waals surface area contributed by atoms with E-state index in [4.69, 9.17) is 4.84 Å². The second-order valence-electron chi connectivity index (χ2n) is 18.6. The van der Waals surface area contributed by atoms with Gasteiger partial charge in [-0.05, 0) is 73.8 Å². The molecule has 1 rings (SSSR count). The van der Waals surface area contributed by atoms with E-state index >= 15 is 0 Å². The summed E-state index contributed by atoms with van der Waals surface area (Å²) in [4.78, 5) is 98.6. The van der Waals surface area contributed by atoms with E-state index in [9.17, 15) is 39.6 Å². The van der Waals surface area contributed by atoms with Gasteiger partial charge in [0, 0.05) is 23.7 Å². The molecule has 1 aliphatic rings. The van der Waals surface area contributed by atoms with E-state index in [0.29, 0.717) is 55.3 Å². The van der Waals surface area contributed by atoms with Gasteiger partial charge < -0.3 is 33.9 Å². The summed E-state index contributed by atoms with van der Waals surface area (Å²) in [7, 11) is 0. The first-order valence-electron chi connectivity index (χ1n) is 23.3. The predicted octanol–water partition coefficient (Wildman–Crippen LogP) is 14.7. The summed E-state index contributed by atoms with van der Waals surface area (Å²) < 4.78 is 0. The average molecular weight is 1020 g/mol. The molecule has 0 bridgehead atoms. The van der Waals surface area contributed by atoms with Crippen LogP contribution in [0.15, 0.2) is 120 Å². The molecule has 0 fully saturated rings. The highest BCUT2D eigenvalue weighted by Crippen LogP contribution is 2.29. The quantitative estimate of drug-likeness (QED) is 0.0212. The fourth-order valence-corrected chi connectivity index (χ4v) is 5.67. The van der Waals surface area contributed by atoms with Crippen molar-refractivity contribution in [1.82, 2.24) is 0 Å². The zero-order valence-electron chi connectivity index (χ0n) is 45.4. The Morgan fingerprint density at radius 2 is 1.11 bits per heavy atom. The Morgan fingerprint density at radius 1 is 0.592 bits per heavy atom. The number of allylic oxidation sites excluding steroid dienone is 2. The van der Waals surface area contributed by atoms with Gasteiger partial charge in [-0.1, -0.05) is 146 Å². The van der Waals surface area contributed by atoms with Gasteiger partial charge in [-0.3, -0.25) is 0 Å². The van der Waals surface area contributed by atoms with Crippen molar-refractivity contribution < 1.29 is 38.9 Å². The Balaban J connectivity index is -0.000000175. The molecular formula is C49H89N7O15. The van der Waals surface area contributed by atoms with Crippen molar-refractivity contribution in [2.75, 3.05) is 19.8 Å². The minimum atomic E-state index is -0.799. The maximum atomic E-state index is 9.96. The topological polar surface area (TPSA) is 284 Å². The maximum absolute atomic E-state index is 9.96. The van der Waals surface area contributed by atoms with Gasteiger partial charge in [0.1, 0.15) is 31.5 Å². The van der Waals surface area contributed by atoms with Crippen LogP contribution in [0.25, 0.3) is 0 Å². The molecule has 1 aliphatic carbocycles. The smallest absolute Gasteiger partial charge is 0.295 e. The van der Waals surface area contributed by atoms with Crippen LogP contribution < -0.4 is 0 Å². The predicted molar refractivity (Wildman–Crippen MR) is 281 cm³/mol. The van der Waals surface area contributed by atoms with E-state index < -0.39 is 16.8 Å². The maximum Gasteiger partial charge on any atom is 0.295 e. The molecular weight excluding hydrogens is 927 g/mol. The van der Waals surface area contributed by atoms with Gasteiger partial charge in [-0.25, -0.2) is 0 Å². The normalized spacial score (nSPS) is 15.1. The molecule has 0 amide bonds. The lowest BCUT2D eigenvalue weighted by molar-refractivity contribution is -0.767. The molecule has 0 aromatic carbocycles. The first-order valence-corrected chi connectivity index (χ1v) is 23.3. The molecule has 7 atom stereocenters. The Kier molecular flexibility index (Phi) is 53.9. The summed E-state index contributed by atoms with van der Waals surface area (Å²) in [6.45, 7) is 50.9. The summed E-state index contributed by atoms with van der Waals surface area (Å²) in [5, 5.41) is 23.1. The lowest BCUT2D eigenvalue weighted by Crippen LogP contribution is -2.34. The Morgan fingerprint density at radius 3 is 1.41 bits per heavy atom. The van der Waals surface area contributed by atoms with E-state index in [0.717, 1.165) is 6.42 Å². The first kappa shape index (κ1) is 76.3. The molecule has 410 valence electrons. The fraction of sp³-hybridized carbons (Fsp3) is 0.714. The van der Waals surface area contributed by atoms with Crippen molar-refractivity contribution in [2.45, 2.75) is 141 Å². The van der Waals surface area contributed by atoms with Crippen LogP contribution in [0.2, 0.25) is 0 Å². The van der Waals surface area contributed by atoms with Crippen molar-refractivity contribution >= 4 is 0 Å². The van der Waals surface area contributed by atoms with Crippen molar-refractivity contribution in [1.29, 1.82) is 0 Å². The molecule has 7 unspecified atom stereocenters. The van der Waals surface area contributed by atoms with E-state index in [-0.39, 0.29) is 41.8 Å². The summed E-state index contributed by atoms with van der Waals surface area (Å²) in [6.07, 6.45) is 15.9. The van der Waals surface area contributed by atoms with Crippen LogP contribution >= 0.6 is 0 Å². The third-order valence-electron chi connectivity index (χ3n) is 9.80. The van der Waals surface area contributed by atoms with Crippen LogP contribution in [-0.2, 0) is 33.9 Å². The second kappa shape index (κ2) is 50.2. The Hall–Kier alpha value is -6.22. The molecule has 71 heavy (non-hydrogen) atoms. The molecule has 0 aromatic heterocycles. The van der Waals surface area contributed by atoms with Gasteiger partial charge in [-0.2, -0.15) is 0 Å². The van der Waals surface area contributed by atoms with Crippen LogP contribution in [0.3, 0.4) is 0 Å². The minimum absolute atomic E-state index is 0.0835. The summed E-state index contributed by atoms with van der Waals surface area (Å²) >= 11 is 0. The van der Waals surface area contributed by atoms with Gasteiger partial charge in [0.05, 0.1) is 0 Å². The van der Waals surface area contributed by atoms with E-state index in [1.807, 2.05) is 93.5 Å². The molecule has 22 nitrogen and oxygen atoms in total. The Bertz CT molecular complexity index is 1470. The molecule has 0 radical (unpaired) electrons. The Labute approximate surface area is 423 Å². The molecule has 0 aromatic rings. The lowest BCUT2D eigenvalue weighted by Gasteiger charge is -2.31. The number of hydrogen-bond donors (Lipinski definition) is 0. The third-order valence-corrected chi connectivity index (χ3v) is 9.80. The highest BCUT2D eigenvalue weighted by Gasteiger charge is 2.32. The van der Waals surface area contributed by atoms with E-state index in [1.54, 1.807) is 24.3 Å². The molecule has 0 saturated heterocycles. The van der Waals surface area contributed by atoms with Gasteiger partial charge >= 0.3 is 0 Å². The lowest BCUT2D eigenvalue weighted by atomic mass is 9.82. The molecule has 22 heteroatoms. The van der Waals surface area contributed by atoms with Gasteiger partial charge in [0.2, 0.25) is 0 Å². The van der Waals surface area contributed by atoms with Crippen LogP contribution in [0.1, 0.15) is 117 Å². The van der Waals surface area contributed by atoms with E-state index in [1.165, 1.54) is 6.08 Å². The number of rotatable bonds is 30. The summed E-state index contributed by atoms with van der Waals surface area (Å²) in [5.74, 6) is 3.39. The molecule has 0 saturated carbocycles. The summed E-state index contributed by atoms with van der Waals surface area (Å²) in [6, 6.07) is 0. The minimum Gasteiger partial charge on any atom is -0.364 e. The zero-order valence-corrected chi connectivity index (χ0v) is 45.4. The first-order chi connectivity index (χ1) is 33.2. The monoisotopic (exact) mass is 1020 g/mol. The van der Waals surface area contributed by atoms with Crippen molar-refractivity contribution in [3.63, 3.8) is 0 Å². The average Bonchev–Trinajstić information content (AvgIpc) is 3.28. The zero-order chi connectivity index (χ0) is 56.5. The largest absolute Gasteiger partial charge is 0.364 e. The standard InChI is InChI=1S/C9H13NO2.C9H17NO2.C9H15NO2.C7H13NO2.C6H11NO3.C5H11NO2.C4H9NO2/c1-7(2)8-5-3-4-6-9(8)12-10-11;1-6-8(7(2)3)9(4,5)12-10-11;1-5-8(7(3)4)9(6-2)12-10-11;1-4-7(6(2)3)5-10-8-9;1-4-6(5(2)3)10-7(8)9;1-5(2)3-4-8-6-7;1-4(2)3-7-5-6/h3-9H,1-2H3;6-8H,1H2,2-5H3;5-9H,1-2H2,3-4H3;4,6-7H,1,5H2,2-3H3;4-6H,1H2,2-3H3;5H,3-4H2,1-2H3;4H,3H2,1-2H3. The van der Waals surface area contributed by atoms with E-state index in [2.05, 4.69) is 136 Å². The fourth-order valence-electron chi connectivity index (χ4n) is 5.67. The van der Waals surface area contributed by atoms with Crippen LogP contribution in [0.4, 0.5) is 0 Å². The number of nitrogens with zero attached hydrogens (tertiary/aromatic N) is 7. The van der Waals surface area contributed by atoms with Crippen LogP contribution in [0.5, 0.6) is 0 Å². The number of hydrogen-bond acceptors (Lipinski definition) is 21. The van der Waals surface area contributed by atoms with Gasteiger partial charge in [-0.15, -0.1) is 65.9 Å². The highest BCUT2D eigenvalue weighted by atomic mass is 17.0. The van der Waals surface area contributed by atoms with Crippen LogP contribution in [0, 0.1) is 105 Å². The molecule has 0 aliphatic heterocycles. The molecule has 0 N–H and O–H groups in total. The summed E-state index contributed by atoms with van der Waals surface area (Å²) in [5.41, 5.74) is -0.558. The highest BCUT2D eigenvalue weighted by molar-refractivity contribution is 5.16. The van der Waals surface area contributed by atoms with Crippen molar-refractivity contribution in [2.24, 2.45) is 97.1 Å². The van der Waals surface area contributed by atoms with Gasteiger partial charge in [0.25, 0.3) is 5.09 Å². The SMILES string of the molecule is C=CC(C(C)C)C(C)(C)ON=O.C=CC(CON=O)C(C)C.C=CC(ON=O)C(C=C)C(C)C.C=CC(O[N+](=O)[O-])C(C)C.CC(C)C1C=CC=CC1ON=O.CC(C)CCON=O.CC(C)CON=O. The van der Waals surface area contributed by atoms with Gasteiger partial charge in [0.15, 0.2) is 44.2 Å². The second-order valence-corrected chi connectivity index (χ2v) is 18.6. The van der Waals surface area contributed by atoms with Crippen molar-refractivity contribution in [3.05, 3.63) is 127 Å². The molecule has 0 spiro atoms. The third kappa shape index (κ3) is 47.2.